The van der Waals surface area contributed by atoms with E-state index in [0.717, 1.165) is 23.5 Å². The topological polar surface area (TPSA) is 8.17 Å². The number of fused-ring (bicyclic) bond motifs is 12. The number of hydrogen-bond acceptors (Lipinski definition) is 1. The first kappa shape index (κ1) is 32.1. The Morgan fingerprint density at radius 1 is 0.526 bits per heavy atom. The highest BCUT2D eigenvalue weighted by Crippen LogP contribution is 2.63. The Bertz CT molecular complexity index is 3000. The van der Waals surface area contributed by atoms with Crippen molar-refractivity contribution in [2.24, 2.45) is 5.92 Å². The van der Waals surface area contributed by atoms with Crippen LogP contribution in [0.15, 0.2) is 224 Å². The Labute approximate surface area is 333 Å². The van der Waals surface area contributed by atoms with Crippen LogP contribution in [0.5, 0.6) is 0 Å². The maximum Gasteiger partial charge on any atom is 0.0727 e. The lowest BCUT2D eigenvalue weighted by Crippen LogP contribution is -2.26. The summed E-state index contributed by atoms with van der Waals surface area (Å²) in [7, 11) is 0. The Morgan fingerprint density at radius 3 is 1.96 bits per heavy atom. The van der Waals surface area contributed by atoms with Crippen molar-refractivity contribution in [3.8, 4) is 39.2 Å². The molecule has 1 unspecified atom stereocenters. The van der Waals surface area contributed by atoms with Gasteiger partial charge >= 0.3 is 0 Å². The van der Waals surface area contributed by atoms with E-state index in [1.807, 2.05) is 0 Å². The van der Waals surface area contributed by atoms with Gasteiger partial charge in [0, 0.05) is 34.1 Å². The van der Waals surface area contributed by atoms with Gasteiger partial charge in [-0.3, -0.25) is 0 Å². The molecule has 12 rings (SSSR count). The minimum atomic E-state index is -0.510. The molecule has 1 aromatic heterocycles. The van der Waals surface area contributed by atoms with Gasteiger partial charge in [0.25, 0.3) is 0 Å². The number of anilines is 2. The molecule has 0 N–H and O–H groups in total. The molecule has 2 nitrogen and oxygen atoms in total. The smallest absolute Gasteiger partial charge is 0.0727 e. The molecule has 57 heavy (non-hydrogen) atoms. The van der Waals surface area contributed by atoms with Crippen molar-refractivity contribution in [3.05, 3.63) is 246 Å². The van der Waals surface area contributed by atoms with Gasteiger partial charge in [-0.25, -0.2) is 0 Å². The van der Waals surface area contributed by atoms with E-state index < -0.39 is 5.41 Å². The van der Waals surface area contributed by atoms with Crippen molar-refractivity contribution in [2.45, 2.75) is 11.8 Å². The van der Waals surface area contributed by atoms with Gasteiger partial charge in [-0.1, -0.05) is 158 Å². The lowest BCUT2D eigenvalue weighted by molar-refractivity contribution is 0.768. The maximum absolute atomic E-state index is 2.50. The molecule has 4 aliphatic carbocycles. The molecule has 4 aliphatic rings. The van der Waals surface area contributed by atoms with Crippen molar-refractivity contribution in [2.75, 3.05) is 4.90 Å². The average molecular weight is 727 g/mol. The summed E-state index contributed by atoms with van der Waals surface area (Å²) < 4.78 is 2.46. The van der Waals surface area contributed by atoms with E-state index >= 15 is 0 Å². The molecule has 2 heteroatoms. The van der Waals surface area contributed by atoms with Crippen molar-refractivity contribution < 1.29 is 0 Å². The van der Waals surface area contributed by atoms with Crippen LogP contribution in [0.3, 0.4) is 0 Å². The Kier molecular flexibility index (Phi) is 7.00. The van der Waals surface area contributed by atoms with Crippen LogP contribution in [0.1, 0.15) is 28.7 Å². The first-order valence-electron chi connectivity index (χ1n) is 20.0. The van der Waals surface area contributed by atoms with Crippen molar-refractivity contribution in [3.63, 3.8) is 0 Å². The highest BCUT2D eigenvalue weighted by atomic mass is 15.1. The minimum absolute atomic E-state index is 0.426. The zero-order valence-corrected chi connectivity index (χ0v) is 31.4. The van der Waals surface area contributed by atoms with Crippen molar-refractivity contribution in [1.29, 1.82) is 0 Å². The molecule has 0 fully saturated rings. The fourth-order valence-electron chi connectivity index (χ4n) is 10.3. The van der Waals surface area contributed by atoms with E-state index in [2.05, 4.69) is 222 Å². The molecule has 0 saturated carbocycles. The molecule has 7 aromatic carbocycles. The van der Waals surface area contributed by atoms with Gasteiger partial charge in [-0.2, -0.15) is 0 Å². The molecule has 1 heterocycles. The molecule has 1 atom stereocenters. The summed E-state index contributed by atoms with van der Waals surface area (Å²) in [5.41, 5.74) is 19.7. The lowest BCUT2D eigenvalue weighted by Gasteiger charge is -2.33. The highest BCUT2D eigenvalue weighted by Gasteiger charge is 2.52. The van der Waals surface area contributed by atoms with E-state index in [1.54, 1.807) is 0 Å². The Hall–Kier alpha value is -7.16. The van der Waals surface area contributed by atoms with E-state index in [0.29, 0.717) is 5.92 Å². The van der Waals surface area contributed by atoms with Crippen LogP contribution in [0.25, 0.3) is 50.1 Å². The second-order valence-electron chi connectivity index (χ2n) is 15.6. The molecule has 0 amide bonds. The zero-order valence-electron chi connectivity index (χ0n) is 31.4. The van der Waals surface area contributed by atoms with Gasteiger partial charge in [0.05, 0.1) is 16.6 Å². The summed E-state index contributed by atoms with van der Waals surface area (Å²) in [5.74, 6) is 0.426. The second kappa shape index (κ2) is 12.4. The largest absolute Gasteiger partial charge is 0.311 e. The molecule has 0 radical (unpaired) electrons. The minimum Gasteiger partial charge on any atom is -0.311 e. The summed E-state index contributed by atoms with van der Waals surface area (Å²) >= 11 is 0. The maximum atomic E-state index is 2.50. The summed E-state index contributed by atoms with van der Waals surface area (Å²) in [6.45, 7) is 0. The Balaban J connectivity index is 1.12. The predicted octanol–water partition coefficient (Wildman–Crippen LogP) is 13.7. The molecule has 1 spiro atoms. The van der Waals surface area contributed by atoms with Crippen molar-refractivity contribution >= 4 is 22.3 Å². The van der Waals surface area contributed by atoms with E-state index in [9.17, 15) is 0 Å². The SMILES string of the molecule is C1=CC2=CC(N(c3ccccc3)c3ccc4c(c3)C3(c5ccccc5-c5ccccc53)c3cc(-n5c(-c6ccccc6)cc6ccccc65)ccc3-4)=CCC2C=C1. The van der Waals surface area contributed by atoms with Crippen LogP contribution in [0.4, 0.5) is 11.4 Å². The molecule has 0 aliphatic heterocycles. The number of allylic oxidation sites excluding steroid dienone is 7. The number of nitrogens with zero attached hydrogens (tertiary/aromatic N) is 2. The third-order valence-electron chi connectivity index (χ3n) is 12.7. The second-order valence-corrected chi connectivity index (χ2v) is 15.6. The van der Waals surface area contributed by atoms with Gasteiger partial charge in [-0.05, 0) is 117 Å². The number of aromatic nitrogens is 1. The third-order valence-corrected chi connectivity index (χ3v) is 12.7. The third kappa shape index (κ3) is 4.65. The number of hydrogen-bond donors (Lipinski definition) is 0. The van der Waals surface area contributed by atoms with E-state index in [-0.39, 0.29) is 0 Å². The van der Waals surface area contributed by atoms with Gasteiger partial charge in [-0.15, -0.1) is 0 Å². The lowest BCUT2D eigenvalue weighted by atomic mass is 9.70. The van der Waals surface area contributed by atoms with Crippen LogP contribution >= 0.6 is 0 Å². The van der Waals surface area contributed by atoms with Crippen LogP contribution in [-0.2, 0) is 5.41 Å². The van der Waals surface area contributed by atoms with E-state index in [4.69, 9.17) is 0 Å². The fraction of sp³-hybridized carbons (Fsp3) is 0.0545. The number of benzene rings is 7. The van der Waals surface area contributed by atoms with Crippen LogP contribution in [-0.4, -0.2) is 4.57 Å². The first-order valence-corrected chi connectivity index (χ1v) is 20.0. The molecular weight excluding hydrogens is 689 g/mol. The molecule has 0 bridgehead atoms. The Morgan fingerprint density at radius 2 is 1.18 bits per heavy atom. The van der Waals surface area contributed by atoms with Gasteiger partial charge in [0.2, 0.25) is 0 Å². The van der Waals surface area contributed by atoms with Crippen LogP contribution in [0.2, 0.25) is 0 Å². The van der Waals surface area contributed by atoms with Gasteiger partial charge in [0.15, 0.2) is 0 Å². The summed E-state index contributed by atoms with van der Waals surface area (Å²) in [4.78, 5) is 2.46. The standard InChI is InChI=1S/C55H38N2/c1-3-16-38(17-4-1)54-34-40-19-9-14-26-53(40)57(54)44-30-32-48-47-31-29-43(56(41-20-5-2-6-21-41)42-28-27-37-15-7-8-18-39(37)33-42)35-51(47)55(52(48)36-44)49-24-12-10-22-45(49)46-23-11-13-25-50(46)55/h1-26,28-37H,27H2. The highest BCUT2D eigenvalue weighted by molar-refractivity contribution is 5.97. The normalized spacial score (nSPS) is 16.4. The first-order chi connectivity index (χ1) is 28.3. The summed E-state index contributed by atoms with van der Waals surface area (Å²) in [6.07, 6.45) is 14.7. The average Bonchev–Trinajstić information content (AvgIpc) is 3.91. The quantitative estimate of drug-likeness (QED) is 0.171. The predicted molar refractivity (Wildman–Crippen MR) is 236 cm³/mol. The number of para-hydroxylation sites is 2. The summed E-state index contributed by atoms with van der Waals surface area (Å²) in [6, 6.07) is 65.5. The monoisotopic (exact) mass is 726 g/mol. The molecular formula is C55H38N2. The number of rotatable bonds is 5. The molecule has 8 aromatic rings. The fourth-order valence-corrected chi connectivity index (χ4v) is 10.3. The molecule has 268 valence electrons. The van der Waals surface area contributed by atoms with E-state index in [1.165, 1.54) is 77.9 Å². The van der Waals surface area contributed by atoms with Crippen LogP contribution < -0.4 is 4.90 Å². The summed E-state index contributed by atoms with van der Waals surface area (Å²) in [5, 5.41) is 1.23. The molecule has 0 saturated heterocycles. The van der Waals surface area contributed by atoms with Gasteiger partial charge in [0.1, 0.15) is 0 Å². The zero-order chi connectivity index (χ0) is 37.5. The van der Waals surface area contributed by atoms with Gasteiger partial charge < -0.3 is 9.47 Å². The van der Waals surface area contributed by atoms with Crippen LogP contribution in [0, 0.1) is 5.92 Å². The van der Waals surface area contributed by atoms with Crippen molar-refractivity contribution in [1.82, 2.24) is 4.57 Å².